The first-order valence-corrected chi connectivity index (χ1v) is 10.2. The van der Waals surface area contributed by atoms with E-state index in [0.29, 0.717) is 6.54 Å². The van der Waals surface area contributed by atoms with E-state index < -0.39 is 0 Å². The molecule has 27 heavy (non-hydrogen) atoms. The third-order valence-electron chi connectivity index (χ3n) is 5.90. The third-order valence-corrected chi connectivity index (χ3v) is 5.90. The summed E-state index contributed by atoms with van der Waals surface area (Å²) in [6, 6.07) is 4.15. The lowest BCUT2D eigenvalue weighted by atomic mass is 9.82. The van der Waals surface area contributed by atoms with Gasteiger partial charge in [0.15, 0.2) is 5.96 Å². The first-order chi connectivity index (χ1) is 13.2. The van der Waals surface area contributed by atoms with Gasteiger partial charge in [-0.2, -0.15) is 0 Å². The molecule has 6 nitrogen and oxygen atoms in total. The van der Waals surface area contributed by atoms with Crippen LogP contribution in [0.25, 0.3) is 5.82 Å². The first kappa shape index (κ1) is 18.0. The molecule has 0 radical (unpaired) electrons. The van der Waals surface area contributed by atoms with Crippen LogP contribution in [0.3, 0.4) is 0 Å². The normalized spacial score (nSPS) is 22.7. The number of pyridine rings is 1. The number of imidazole rings is 1. The van der Waals surface area contributed by atoms with Gasteiger partial charge in [0.2, 0.25) is 0 Å². The smallest absolute Gasteiger partial charge is 0.194 e. The lowest BCUT2D eigenvalue weighted by Crippen LogP contribution is -2.40. The molecule has 0 aromatic carbocycles. The molecule has 1 saturated heterocycles. The zero-order chi connectivity index (χ0) is 18.6. The number of aliphatic imine (C=N–C) groups is 1. The van der Waals surface area contributed by atoms with Crippen molar-refractivity contribution in [3.63, 3.8) is 0 Å². The molecular formula is C21H30N6. The maximum Gasteiger partial charge on any atom is 0.194 e. The molecule has 0 bridgehead atoms. The van der Waals surface area contributed by atoms with Crippen LogP contribution < -0.4 is 5.32 Å². The van der Waals surface area contributed by atoms with Gasteiger partial charge in [0.1, 0.15) is 11.6 Å². The van der Waals surface area contributed by atoms with Crippen LogP contribution in [0.15, 0.2) is 35.7 Å². The van der Waals surface area contributed by atoms with Crippen molar-refractivity contribution in [2.75, 3.05) is 19.6 Å². The van der Waals surface area contributed by atoms with Gasteiger partial charge in [0, 0.05) is 38.2 Å². The van der Waals surface area contributed by atoms with Gasteiger partial charge in [-0.1, -0.05) is 18.9 Å². The number of hydrogen-bond acceptors (Lipinski definition) is 3. The lowest BCUT2D eigenvalue weighted by molar-refractivity contribution is 0.299. The van der Waals surface area contributed by atoms with E-state index in [1.165, 1.54) is 25.7 Å². The highest BCUT2D eigenvalue weighted by Gasteiger charge is 2.35. The molecule has 2 atom stereocenters. The number of fused-ring (bicyclic) bond motifs is 1. The largest absolute Gasteiger partial charge is 0.357 e. The summed E-state index contributed by atoms with van der Waals surface area (Å²) in [7, 11) is 0. The average Bonchev–Trinajstić information content (AvgIpc) is 3.31. The number of rotatable bonds is 4. The Labute approximate surface area is 161 Å². The fraction of sp³-hybridized carbons (Fsp3) is 0.571. The van der Waals surface area contributed by atoms with Gasteiger partial charge in [-0.05, 0) is 50.2 Å². The zero-order valence-electron chi connectivity index (χ0n) is 16.4. The Bertz CT molecular complexity index is 764. The Morgan fingerprint density at radius 2 is 1.96 bits per heavy atom. The van der Waals surface area contributed by atoms with Gasteiger partial charge in [-0.15, -0.1) is 0 Å². The second kappa shape index (κ2) is 8.11. The van der Waals surface area contributed by atoms with Crippen LogP contribution in [-0.4, -0.2) is 45.0 Å². The van der Waals surface area contributed by atoms with E-state index in [0.717, 1.165) is 54.6 Å². The topological polar surface area (TPSA) is 58.3 Å². The van der Waals surface area contributed by atoms with Crippen LogP contribution in [0, 0.1) is 18.8 Å². The molecule has 2 aliphatic rings. The van der Waals surface area contributed by atoms with Crippen molar-refractivity contribution in [3.05, 3.63) is 42.1 Å². The van der Waals surface area contributed by atoms with Gasteiger partial charge in [-0.25, -0.2) is 15.0 Å². The highest BCUT2D eigenvalue weighted by molar-refractivity contribution is 5.80. The number of guanidine groups is 1. The van der Waals surface area contributed by atoms with Gasteiger partial charge < -0.3 is 10.2 Å². The highest BCUT2D eigenvalue weighted by Crippen LogP contribution is 2.35. The highest BCUT2D eigenvalue weighted by atomic mass is 15.3. The number of hydrogen-bond donors (Lipinski definition) is 1. The Morgan fingerprint density at radius 1 is 1.19 bits per heavy atom. The third kappa shape index (κ3) is 3.99. The molecule has 2 aromatic heterocycles. The van der Waals surface area contributed by atoms with Crippen molar-refractivity contribution < 1.29 is 0 Å². The summed E-state index contributed by atoms with van der Waals surface area (Å²) in [5, 5.41) is 3.49. The second-order valence-corrected chi connectivity index (χ2v) is 7.75. The van der Waals surface area contributed by atoms with Crippen LogP contribution in [0.1, 0.15) is 44.0 Å². The SMILES string of the molecule is CCNC(=NCc1ccc(-n2ccnc2C)nc1)N1CC2CCCCC2C1. The molecule has 144 valence electrons. The van der Waals surface area contributed by atoms with Crippen molar-refractivity contribution in [1.82, 2.24) is 24.8 Å². The minimum absolute atomic E-state index is 0.657. The van der Waals surface area contributed by atoms with E-state index in [9.17, 15) is 0 Å². The Hall–Kier alpha value is -2.37. The average molecular weight is 367 g/mol. The van der Waals surface area contributed by atoms with Crippen LogP contribution in [0.2, 0.25) is 0 Å². The fourth-order valence-electron chi connectivity index (χ4n) is 4.44. The molecule has 1 aliphatic carbocycles. The van der Waals surface area contributed by atoms with E-state index >= 15 is 0 Å². The van der Waals surface area contributed by atoms with Gasteiger partial charge in [0.05, 0.1) is 6.54 Å². The Balaban J connectivity index is 1.44. The van der Waals surface area contributed by atoms with Crippen molar-refractivity contribution in [2.45, 2.75) is 46.1 Å². The fourth-order valence-corrected chi connectivity index (χ4v) is 4.44. The van der Waals surface area contributed by atoms with E-state index in [-0.39, 0.29) is 0 Å². The molecule has 1 saturated carbocycles. The maximum absolute atomic E-state index is 4.91. The van der Waals surface area contributed by atoms with Crippen LogP contribution in [-0.2, 0) is 6.54 Å². The maximum atomic E-state index is 4.91. The summed E-state index contributed by atoms with van der Waals surface area (Å²) in [5.41, 5.74) is 1.13. The number of nitrogens with one attached hydrogen (secondary N) is 1. The van der Waals surface area contributed by atoms with Crippen LogP contribution in [0.5, 0.6) is 0 Å². The van der Waals surface area contributed by atoms with Gasteiger partial charge >= 0.3 is 0 Å². The monoisotopic (exact) mass is 366 g/mol. The summed E-state index contributed by atoms with van der Waals surface area (Å²) >= 11 is 0. The van der Waals surface area contributed by atoms with Crippen molar-refractivity contribution in [3.8, 4) is 5.82 Å². The summed E-state index contributed by atoms with van der Waals surface area (Å²) in [4.78, 5) is 16.2. The van der Waals surface area contributed by atoms with Crippen molar-refractivity contribution in [2.24, 2.45) is 16.8 Å². The number of aryl methyl sites for hydroxylation is 1. The quantitative estimate of drug-likeness (QED) is 0.667. The van der Waals surface area contributed by atoms with Crippen LogP contribution in [0.4, 0.5) is 0 Å². The van der Waals surface area contributed by atoms with E-state index in [1.54, 1.807) is 6.20 Å². The lowest BCUT2D eigenvalue weighted by Gasteiger charge is -2.22. The zero-order valence-corrected chi connectivity index (χ0v) is 16.4. The molecule has 1 aliphatic heterocycles. The molecule has 1 N–H and O–H groups in total. The standard InChI is InChI=1S/C21H30N6/c1-3-22-21(26-14-18-6-4-5-7-19(18)15-26)25-13-17-8-9-20(24-12-17)27-11-10-23-16(27)2/h8-12,18-19H,3-7,13-15H2,1-2H3,(H,22,25). The predicted molar refractivity (Wildman–Crippen MR) is 108 cm³/mol. The molecule has 2 unspecified atom stereocenters. The van der Waals surface area contributed by atoms with Crippen molar-refractivity contribution >= 4 is 5.96 Å². The first-order valence-electron chi connectivity index (χ1n) is 10.2. The van der Waals surface area contributed by atoms with Gasteiger partial charge in [-0.3, -0.25) is 4.57 Å². The minimum atomic E-state index is 0.657. The van der Waals surface area contributed by atoms with E-state index in [1.807, 2.05) is 30.0 Å². The molecular weight excluding hydrogens is 336 g/mol. The molecule has 3 heterocycles. The summed E-state index contributed by atoms with van der Waals surface area (Å²) in [5.74, 6) is 4.62. The molecule has 4 rings (SSSR count). The summed E-state index contributed by atoms with van der Waals surface area (Å²) in [6.45, 7) is 8.01. The predicted octanol–water partition coefficient (Wildman–Crippen LogP) is 3.16. The van der Waals surface area contributed by atoms with E-state index in [4.69, 9.17) is 4.99 Å². The molecule has 2 fully saturated rings. The molecule has 2 aromatic rings. The van der Waals surface area contributed by atoms with E-state index in [2.05, 4.69) is 33.2 Å². The van der Waals surface area contributed by atoms with Crippen LogP contribution >= 0.6 is 0 Å². The number of likely N-dealkylation sites (tertiary alicyclic amines) is 1. The second-order valence-electron chi connectivity index (χ2n) is 7.75. The Kier molecular flexibility index (Phi) is 5.41. The minimum Gasteiger partial charge on any atom is -0.357 e. The summed E-state index contributed by atoms with van der Waals surface area (Å²) < 4.78 is 1.99. The molecule has 6 heteroatoms. The Morgan fingerprint density at radius 3 is 2.56 bits per heavy atom. The van der Waals surface area contributed by atoms with Crippen molar-refractivity contribution in [1.29, 1.82) is 0 Å². The number of aromatic nitrogens is 3. The molecule has 0 spiro atoms. The van der Waals surface area contributed by atoms with Gasteiger partial charge in [0.25, 0.3) is 0 Å². The summed E-state index contributed by atoms with van der Waals surface area (Å²) in [6.07, 6.45) is 11.2. The number of nitrogens with zero attached hydrogens (tertiary/aromatic N) is 5. The molecule has 0 amide bonds.